The number of nitrogens with zero attached hydrogens (tertiary/aromatic N) is 1. The quantitative estimate of drug-likeness (QED) is 0.729. The zero-order valence-corrected chi connectivity index (χ0v) is 15.4. The molecule has 1 saturated heterocycles. The highest BCUT2D eigenvalue weighted by Gasteiger charge is 2.15. The van der Waals surface area contributed by atoms with Crippen molar-refractivity contribution in [2.24, 2.45) is 5.92 Å². The second-order valence-corrected chi connectivity index (χ2v) is 6.89. The molecule has 0 radical (unpaired) electrons. The summed E-state index contributed by atoms with van der Waals surface area (Å²) in [6.45, 7) is 6.54. The van der Waals surface area contributed by atoms with Crippen LogP contribution in [0.1, 0.15) is 32.6 Å². The lowest BCUT2D eigenvalue weighted by atomic mass is 10.0. The molecule has 1 unspecified atom stereocenters. The van der Waals surface area contributed by atoms with Gasteiger partial charge >= 0.3 is 6.03 Å². The molecule has 2 amide bonds. The Hall–Kier alpha value is -1.46. The third kappa shape index (κ3) is 6.21. The number of piperidine rings is 1. The van der Waals surface area contributed by atoms with Crippen molar-refractivity contribution in [2.75, 3.05) is 38.6 Å². The molecule has 1 atom stereocenters. The largest absolute Gasteiger partial charge is 0.497 e. The van der Waals surface area contributed by atoms with E-state index in [0.29, 0.717) is 23.0 Å². The van der Waals surface area contributed by atoms with Gasteiger partial charge in [-0.15, -0.1) is 0 Å². The standard InChI is InChI=1S/C18H28ClN3O2/c1-14-6-5-11-22(13-14)10-4-3-9-20-18(23)21-17-8-7-15(24-2)12-16(17)19/h7-8,12,14H,3-6,9-11,13H2,1-2H3,(H2,20,21,23). The fourth-order valence-corrected chi connectivity index (χ4v) is 3.26. The third-order valence-corrected chi connectivity index (χ3v) is 4.66. The molecule has 0 aliphatic carbocycles. The van der Waals surface area contributed by atoms with Crippen LogP contribution in [-0.2, 0) is 0 Å². The van der Waals surface area contributed by atoms with Gasteiger partial charge < -0.3 is 20.3 Å². The average molecular weight is 354 g/mol. The Morgan fingerprint density at radius 1 is 1.42 bits per heavy atom. The van der Waals surface area contributed by atoms with E-state index in [2.05, 4.69) is 22.5 Å². The van der Waals surface area contributed by atoms with Crippen LogP contribution in [0.25, 0.3) is 0 Å². The number of urea groups is 1. The van der Waals surface area contributed by atoms with Crippen LogP contribution in [0.5, 0.6) is 5.75 Å². The third-order valence-electron chi connectivity index (χ3n) is 4.35. The summed E-state index contributed by atoms with van der Waals surface area (Å²) in [4.78, 5) is 14.4. The number of rotatable bonds is 7. The molecule has 1 aromatic carbocycles. The number of carbonyl (C=O) groups is 1. The van der Waals surface area contributed by atoms with Crippen LogP contribution >= 0.6 is 11.6 Å². The van der Waals surface area contributed by atoms with Gasteiger partial charge in [0.05, 0.1) is 17.8 Å². The van der Waals surface area contributed by atoms with Crippen molar-refractivity contribution < 1.29 is 9.53 Å². The smallest absolute Gasteiger partial charge is 0.319 e. The van der Waals surface area contributed by atoms with E-state index in [9.17, 15) is 4.79 Å². The minimum atomic E-state index is -0.228. The predicted octanol–water partition coefficient (Wildman–Crippen LogP) is 3.98. The van der Waals surface area contributed by atoms with Crippen molar-refractivity contribution in [1.82, 2.24) is 10.2 Å². The fraction of sp³-hybridized carbons (Fsp3) is 0.611. The minimum Gasteiger partial charge on any atom is -0.497 e. The summed E-state index contributed by atoms with van der Waals surface area (Å²) < 4.78 is 5.09. The zero-order chi connectivity index (χ0) is 17.4. The van der Waals surface area contributed by atoms with Crippen molar-refractivity contribution in [2.45, 2.75) is 32.6 Å². The maximum absolute atomic E-state index is 11.9. The van der Waals surface area contributed by atoms with E-state index in [1.54, 1.807) is 25.3 Å². The Morgan fingerprint density at radius 2 is 2.25 bits per heavy atom. The van der Waals surface area contributed by atoms with Gasteiger partial charge in [0, 0.05) is 19.2 Å². The average Bonchev–Trinajstić information content (AvgIpc) is 2.56. The monoisotopic (exact) mass is 353 g/mol. The summed E-state index contributed by atoms with van der Waals surface area (Å²) in [7, 11) is 1.58. The fourth-order valence-electron chi connectivity index (χ4n) is 3.04. The number of hydrogen-bond acceptors (Lipinski definition) is 3. The first-order valence-corrected chi connectivity index (χ1v) is 9.07. The number of carbonyl (C=O) groups excluding carboxylic acids is 1. The van der Waals surface area contributed by atoms with Gasteiger partial charge in [0.25, 0.3) is 0 Å². The highest BCUT2D eigenvalue weighted by Crippen LogP contribution is 2.26. The molecule has 1 aliphatic rings. The van der Waals surface area contributed by atoms with E-state index in [4.69, 9.17) is 16.3 Å². The van der Waals surface area contributed by atoms with Crippen LogP contribution in [0.4, 0.5) is 10.5 Å². The van der Waals surface area contributed by atoms with Crippen LogP contribution in [0.15, 0.2) is 18.2 Å². The van der Waals surface area contributed by atoms with E-state index in [-0.39, 0.29) is 6.03 Å². The van der Waals surface area contributed by atoms with E-state index in [0.717, 1.165) is 25.3 Å². The van der Waals surface area contributed by atoms with Crippen molar-refractivity contribution in [3.8, 4) is 5.75 Å². The Kier molecular flexibility index (Phi) is 7.66. The number of benzene rings is 1. The van der Waals surface area contributed by atoms with Crippen LogP contribution < -0.4 is 15.4 Å². The highest BCUT2D eigenvalue weighted by molar-refractivity contribution is 6.33. The van der Waals surface area contributed by atoms with Crippen molar-refractivity contribution in [3.05, 3.63) is 23.2 Å². The molecule has 1 heterocycles. The molecule has 134 valence electrons. The number of amides is 2. The maximum Gasteiger partial charge on any atom is 0.319 e. The first-order chi connectivity index (χ1) is 11.6. The van der Waals surface area contributed by atoms with E-state index < -0.39 is 0 Å². The van der Waals surface area contributed by atoms with E-state index in [1.165, 1.54) is 25.9 Å². The van der Waals surface area contributed by atoms with Gasteiger partial charge in [-0.3, -0.25) is 0 Å². The van der Waals surface area contributed by atoms with Crippen LogP contribution in [0.3, 0.4) is 0 Å². The minimum absolute atomic E-state index is 0.228. The molecule has 1 aromatic rings. The van der Waals surface area contributed by atoms with Crippen LogP contribution in [-0.4, -0.2) is 44.2 Å². The summed E-state index contributed by atoms with van der Waals surface area (Å²) in [5, 5.41) is 6.10. The molecular formula is C18H28ClN3O2. The molecule has 0 saturated carbocycles. The molecule has 2 N–H and O–H groups in total. The number of methoxy groups -OCH3 is 1. The van der Waals surface area contributed by atoms with Crippen molar-refractivity contribution >= 4 is 23.3 Å². The predicted molar refractivity (Wildman–Crippen MR) is 99.1 cm³/mol. The Morgan fingerprint density at radius 3 is 2.96 bits per heavy atom. The maximum atomic E-state index is 11.9. The molecule has 24 heavy (non-hydrogen) atoms. The molecule has 1 fully saturated rings. The summed E-state index contributed by atoms with van der Waals surface area (Å²) in [6.07, 6.45) is 4.75. The second-order valence-electron chi connectivity index (χ2n) is 6.48. The lowest BCUT2D eigenvalue weighted by Crippen LogP contribution is -2.35. The number of hydrogen-bond donors (Lipinski definition) is 2. The summed E-state index contributed by atoms with van der Waals surface area (Å²) in [5.74, 6) is 1.48. The number of nitrogens with one attached hydrogen (secondary N) is 2. The number of ether oxygens (including phenoxy) is 1. The number of unbranched alkanes of at least 4 members (excludes halogenated alkanes) is 1. The second kappa shape index (κ2) is 9.74. The van der Waals surface area contributed by atoms with Crippen molar-refractivity contribution in [1.29, 1.82) is 0 Å². The summed E-state index contributed by atoms with van der Waals surface area (Å²) >= 11 is 6.11. The Balaban J connectivity index is 1.61. The molecule has 0 aromatic heterocycles. The van der Waals surface area contributed by atoms with Gasteiger partial charge in [-0.25, -0.2) is 4.79 Å². The first-order valence-electron chi connectivity index (χ1n) is 8.69. The molecule has 6 heteroatoms. The van der Waals surface area contributed by atoms with Gasteiger partial charge in [-0.2, -0.15) is 0 Å². The van der Waals surface area contributed by atoms with Gasteiger partial charge in [-0.1, -0.05) is 18.5 Å². The summed E-state index contributed by atoms with van der Waals surface area (Å²) in [6, 6.07) is 4.95. The first kappa shape index (κ1) is 18.9. The normalized spacial score (nSPS) is 18.2. The SMILES string of the molecule is COc1ccc(NC(=O)NCCCCN2CCCC(C)C2)c(Cl)c1. The van der Waals surface area contributed by atoms with Crippen LogP contribution in [0, 0.1) is 5.92 Å². The highest BCUT2D eigenvalue weighted by atomic mass is 35.5. The molecule has 1 aliphatic heterocycles. The lowest BCUT2D eigenvalue weighted by molar-refractivity contribution is 0.181. The topological polar surface area (TPSA) is 53.6 Å². The van der Waals surface area contributed by atoms with Crippen LogP contribution in [0.2, 0.25) is 5.02 Å². The number of halogens is 1. The molecule has 0 spiro atoms. The summed E-state index contributed by atoms with van der Waals surface area (Å²) in [5.41, 5.74) is 0.581. The molecule has 0 bridgehead atoms. The van der Waals surface area contributed by atoms with Gasteiger partial charge in [0.15, 0.2) is 0 Å². The van der Waals surface area contributed by atoms with Gasteiger partial charge in [0.2, 0.25) is 0 Å². The Bertz CT molecular complexity index is 539. The molecule has 5 nitrogen and oxygen atoms in total. The Labute approximate surface area is 149 Å². The van der Waals surface area contributed by atoms with E-state index >= 15 is 0 Å². The van der Waals surface area contributed by atoms with Gasteiger partial charge in [0.1, 0.15) is 5.75 Å². The molecule has 2 rings (SSSR count). The number of likely N-dealkylation sites (tertiary alicyclic amines) is 1. The zero-order valence-electron chi connectivity index (χ0n) is 14.6. The van der Waals surface area contributed by atoms with Gasteiger partial charge in [-0.05, 0) is 56.8 Å². The number of anilines is 1. The van der Waals surface area contributed by atoms with Crippen molar-refractivity contribution in [3.63, 3.8) is 0 Å². The lowest BCUT2D eigenvalue weighted by Gasteiger charge is -2.30. The van der Waals surface area contributed by atoms with E-state index in [1.807, 2.05) is 0 Å². The molecular weight excluding hydrogens is 326 g/mol.